The van der Waals surface area contributed by atoms with Crippen LogP contribution in [0, 0.1) is 0 Å². The number of methoxy groups -OCH3 is 1. The first-order valence-electron chi connectivity index (χ1n) is 8.79. The average Bonchev–Trinajstić information content (AvgIpc) is 3.27. The number of nitrogens with two attached hydrogens (primary N) is 1. The van der Waals surface area contributed by atoms with Crippen LogP contribution in [0.5, 0.6) is 5.75 Å². The van der Waals surface area contributed by atoms with Crippen molar-refractivity contribution in [1.29, 1.82) is 0 Å². The standard InChI is InChI=1S/C19H23N5O2/c1-3-26-14-8-15(17-6-7-22-24(17)10-14)13-4-5-19(21-9-13)23-11-16(20)18(12-23)25-2/h4-10,16,18H,3,11-12,20H2,1-2H3/t16-,18-/m1/s1. The zero-order valence-corrected chi connectivity index (χ0v) is 15.0. The first kappa shape index (κ1) is 16.8. The van der Waals surface area contributed by atoms with Crippen LogP contribution in [0.3, 0.4) is 0 Å². The largest absolute Gasteiger partial charge is 0.492 e. The molecule has 0 unspecified atom stereocenters. The molecule has 0 amide bonds. The van der Waals surface area contributed by atoms with Gasteiger partial charge in [-0.25, -0.2) is 9.50 Å². The summed E-state index contributed by atoms with van der Waals surface area (Å²) < 4.78 is 12.9. The quantitative estimate of drug-likeness (QED) is 0.755. The average molecular weight is 353 g/mol. The summed E-state index contributed by atoms with van der Waals surface area (Å²) in [7, 11) is 1.70. The van der Waals surface area contributed by atoms with E-state index in [2.05, 4.69) is 21.0 Å². The van der Waals surface area contributed by atoms with Crippen molar-refractivity contribution in [2.75, 3.05) is 31.7 Å². The Hall–Kier alpha value is -2.64. The molecule has 4 heterocycles. The maximum Gasteiger partial charge on any atom is 0.138 e. The molecular formula is C19H23N5O2. The van der Waals surface area contributed by atoms with Gasteiger partial charge in [-0.3, -0.25) is 0 Å². The molecule has 3 aromatic heterocycles. The van der Waals surface area contributed by atoms with Crippen molar-refractivity contribution >= 4 is 11.3 Å². The van der Waals surface area contributed by atoms with Crippen LogP contribution < -0.4 is 15.4 Å². The molecular weight excluding hydrogens is 330 g/mol. The number of nitrogens with zero attached hydrogens (tertiary/aromatic N) is 4. The van der Waals surface area contributed by atoms with Gasteiger partial charge in [-0.15, -0.1) is 0 Å². The lowest BCUT2D eigenvalue weighted by atomic mass is 10.1. The van der Waals surface area contributed by atoms with Crippen molar-refractivity contribution in [1.82, 2.24) is 14.6 Å². The summed E-state index contributed by atoms with van der Waals surface area (Å²) in [5.74, 6) is 1.70. The molecule has 0 bridgehead atoms. The van der Waals surface area contributed by atoms with E-state index in [9.17, 15) is 0 Å². The van der Waals surface area contributed by atoms with Crippen LogP contribution in [0.2, 0.25) is 0 Å². The Morgan fingerprint density at radius 2 is 2.15 bits per heavy atom. The van der Waals surface area contributed by atoms with E-state index in [1.54, 1.807) is 13.3 Å². The van der Waals surface area contributed by atoms with Gasteiger partial charge in [0, 0.05) is 37.5 Å². The minimum absolute atomic E-state index is 0.00997. The molecule has 136 valence electrons. The fourth-order valence-electron chi connectivity index (χ4n) is 3.45. The summed E-state index contributed by atoms with van der Waals surface area (Å²) >= 11 is 0. The highest BCUT2D eigenvalue weighted by atomic mass is 16.5. The SMILES string of the molecule is CCOc1cc(-c2ccc(N3C[C@@H](N)[C@H](OC)C3)nc2)c2ccnn2c1. The Morgan fingerprint density at radius 1 is 1.27 bits per heavy atom. The number of aromatic nitrogens is 3. The number of fused-ring (bicyclic) bond motifs is 1. The third-order valence-electron chi connectivity index (χ3n) is 4.79. The topological polar surface area (TPSA) is 77.9 Å². The summed E-state index contributed by atoms with van der Waals surface area (Å²) in [5.41, 5.74) is 9.20. The molecule has 7 heteroatoms. The lowest BCUT2D eigenvalue weighted by Crippen LogP contribution is -2.34. The molecule has 0 aromatic carbocycles. The van der Waals surface area contributed by atoms with Gasteiger partial charge in [-0.2, -0.15) is 5.10 Å². The third kappa shape index (κ3) is 3.00. The van der Waals surface area contributed by atoms with Crippen LogP contribution in [-0.4, -0.2) is 53.6 Å². The summed E-state index contributed by atoms with van der Waals surface area (Å²) in [6.45, 7) is 4.09. The number of pyridine rings is 2. The smallest absolute Gasteiger partial charge is 0.138 e. The summed E-state index contributed by atoms with van der Waals surface area (Å²) in [6, 6.07) is 8.13. The minimum atomic E-state index is 0.00997. The summed E-state index contributed by atoms with van der Waals surface area (Å²) in [4.78, 5) is 6.81. The van der Waals surface area contributed by atoms with Gasteiger partial charge in [0.25, 0.3) is 0 Å². The minimum Gasteiger partial charge on any atom is -0.492 e. The van der Waals surface area contributed by atoms with Crippen LogP contribution >= 0.6 is 0 Å². The van der Waals surface area contributed by atoms with E-state index >= 15 is 0 Å². The molecule has 2 atom stereocenters. The Morgan fingerprint density at radius 3 is 2.85 bits per heavy atom. The van der Waals surface area contributed by atoms with Crippen molar-refractivity contribution in [3.63, 3.8) is 0 Å². The molecule has 0 radical (unpaired) electrons. The van der Waals surface area contributed by atoms with Gasteiger partial charge in [-0.05, 0) is 31.2 Å². The normalized spacial score (nSPS) is 20.0. The molecule has 26 heavy (non-hydrogen) atoms. The van der Waals surface area contributed by atoms with Crippen molar-refractivity contribution < 1.29 is 9.47 Å². The van der Waals surface area contributed by atoms with E-state index in [1.807, 2.05) is 42.0 Å². The highest BCUT2D eigenvalue weighted by Gasteiger charge is 2.30. The monoisotopic (exact) mass is 353 g/mol. The molecule has 1 aliphatic rings. The lowest BCUT2D eigenvalue weighted by molar-refractivity contribution is 0.108. The molecule has 2 N–H and O–H groups in total. The van der Waals surface area contributed by atoms with Crippen molar-refractivity contribution in [2.24, 2.45) is 5.73 Å². The van der Waals surface area contributed by atoms with E-state index in [0.717, 1.165) is 41.3 Å². The van der Waals surface area contributed by atoms with Crippen LogP contribution in [0.4, 0.5) is 5.82 Å². The highest BCUT2D eigenvalue weighted by Crippen LogP contribution is 2.30. The Balaban J connectivity index is 1.65. The molecule has 0 aliphatic carbocycles. The van der Waals surface area contributed by atoms with Gasteiger partial charge in [0.1, 0.15) is 11.6 Å². The second-order valence-corrected chi connectivity index (χ2v) is 6.43. The molecule has 4 rings (SSSR count). The van der Waals surface area contributed by atoms with Crippen molar-refractivity contribution in [3.05, 3.63) is 42.9 Å². The molecule has 0 spiro atoms. The van der Waals surface area contributed by atoms with Crippen molar-refractivity contribution in [2.45, 2.75) is 19.1 Å². The van der Waals surface area contributed by atoms with Gasteiger partial charge in [0.05, 0.1) is 36.7 Å². The van der Waals surface area contributed by atoms with Crippen LogP contribution in [0.25, 0.3) is 16.6 Å². The Kier molecular flexibility index (Phi) is 4.48. The van der Waals surface area contributed by atoms with Gasteiger partial charge >= 0.3 is 0 Å². The van der Waals surface area contributed by atoms with E-state index in [0.29, 0.717) is 6.61 Å². The van der Waals surface area contributed by atoms with E-state index in [-0.39, 0.29) is 12.1 Å². The molecule has 3 aromatic rings. The number of rotatable bonds is 5. The van der Waals surface area contributed by atoms with Gasteiger partial charge < -0.3 is 20.1 Å². The maximum atomic E-state index is 6.12. The number of hydrogen-bond donors (Lipinski definition) is 1. The predicted molar refractivity (Wildman–Crippen MR) is 101 cm³/mol. The van der Waals surface area contributed by atoms with Crippen LogP contribution in [0.1, 0.15) is 6.92 Å². The van der Waals surface area contributed by atoms with Gasteiger partial charge in [0.15, 0.2) is 0 Å². The summed E-state index contributed by atoms with van der Waals surface area (Å²) in [6.07, 6.45) is 5.61. The Labute approximate surface area is 152 Å². The van der Waals surface area contributed by atoms with E-state index < -0.39 is 0 Å². The fourth-order valence-corrected chi connectivity index (χ4v) is 3.45. The second-order valence-electron chi connectivity index (χ2n) is 6.43. The zero-order valence-electron chi connectivity index (χ0n) is 15.0. The Bertz CT molecular complexity index is 893. The lowest BCUT2D eigenvalue weighted by Gasteiger charge is -2.17. The first-order valence-corrected chi connectivity index (χ1v) is 8.79. The molecule has 0 saturated carbocycles. The number of hydrogen-bond acceptors (Lipinski definition) is 6. The van der Waals surface area contributed by atoms with Crippen LogP contribution in [0.15, 0.2) is 42.9 Å². The first-order chi connectivity index (χ1) is 12.7. The summed E-state index contributed by atoms with van der Waals surface area (Å²) in [5, 5.41) is 4.33. The van der Waals surface area contributed by atoms with Gasteiger partial charge in [0.2, 0.25) is 0 Å². The fraction of sp³-hybridized carbons (Fsp3) is 0.368. The number of ether oxygens (including phenoxy) is 2. The van der Waals surface area contributed by atoms with Gasteiger partial charge in [-0.1, -0.05) is 0 Å². The van der Waals surface area contributed by atoms with E-state index in [4.69, 9.17) is 15.2 Å². The number of anilines is 1. The third-order valence-corrected chi connectivity index (χ3v) is 4.79. The second kappa shape index (κ2) is 6.93. The van der Waals surface area contributed by atoms with E-state index in [1.165, 1.54) is 0 Å². The molecule has 1 fully saturated rings. The van der Waals surface area contributed by atoms with Crippen LogP contribution in [-0.2, 0) is 4.74 Å². The predicted octanol–water partition coefficient (Wildman–Crippen LogP) is 1.96. The zero-order chi connectivity index (χ0) is 18.1. The molecule has 1 aliphatic heterocycles. The molecule has 1 saturated heterocycles. The highest BCUT2D eigenvalue weighted by molar-refractivity contribution is 5.81. The maximum absolute atomic E-state index is 6.12. The van der Waals surface area contributed by atoms with Crippen molar-refractivity contribution in [3.8, 4) is 16.9 Å². The molecule has 7 nitrogen and oxygen atoms in total.